The minimum Gasteiger partial charge on any atom is -0.384 e. The lowest BCUT2D eigenvalue weighted by Gasteiger charge is -2.24. The number of carbonyl (C=O) groups excluding carboxylic acids is 1. The molecule has 2 aromatic rings. The maximum Gasteiger partial charge on any atom is 0.256 e. The van der Waals surface area contributed by atoms with Crippen molar-refractivity contribution in [3.05, 3.63) is 51.9 Å². The zero-order valence-corrected chi connectivity index (χ0v) is 14.4. The van der Waals surface area contributed by atoms with E-state index >= 15 is 0 Å². The molecule has 0 aliphatic rings. The Bertz CT molecular complexity index is 690. The summed E-state index contributed by atoms with van der Waals surface area (Å²) in [6, 6.07) is 6.87. The number of amides is 1. The van der Waals surface area contributed by atoms with Crippen LogP contribution in [0.15, 0.2) is 28.8 Å². The third-order valence-corrected chi connectivity index (χ3v) is 3.95. The van der Waals surface area contributed by atoms with E-state index in [9.17, 15) is 9.90 Å². The molecule has 1 heterocycles. The molecule has 124 valence electrons. The van der Waals surface area contributed by atoms with Crippen LogP contribution >= 0.6 is 11.6 Å². The lowest BCUT2D eigenvalue weighted by molar-refractivity contribution is 0.0525. The van der Waals surface area contributed by atoms with Crippen LogP contribution in [0.4, 0.5) is 0 Å². The number of halogens is 1. The van der Waals surface area contributed by atoms with Crippen molar-refractivity contribution in [1.82, 2.24) is 10.5 Å². The molecular weight excluding hydrogens is 316 g/mol. The molecule has 1 unspecified atom stereocenters. The molecule has 23 heavy (non-hydrogen) atoms. The first-order chi connectivity index (χ1) is 10.7. The van der Waals surface area contributed by atoms with E-state index < -0.39 is 5.60 Å². The number of benzene rings is 1. The molecule has 0 radical (unpaired) electrons. The predicted molar refractivity (Wildman–Crippen MR) is 88.7 cm³/mol. The van der Waals surface area contributed by atoms with Crippen molar-refractivity contribution in [2.45, 2.75) is 39.2 Å². The van der Waals surface area contributed by atoms with E-state index in [0.29, 0.717) is 27.6 Å². The molecule has 1 atom stereocenters. The summed E-state index contributed by atoms with van der Waals surface area (Å²) >= 11 is 5.85. The van der Waals surface area contributed by atoms with Crippen LogP contribution in [0, 0.1) is 6.92 Å². The van der Waals surface area contributed by atoms with Crippen LogP contribution in [-0.4, -0.2) is 22.7 Å². The normalized spacial score (nSPS) is 13.9. The van der Waals surface area contributed by atoms with Gasteiger partial charge in [0.25, 0.3) is 5.91 Å². The summed E-state index contributed by atoms with van der Waals surface area (Å²) < 4.78 is 5.22. The van der Waals surface area contributed by atoms with Crippen molar-refractivity contribution >= 4 is 17.5 Å². The summed E-state index contributed by atoms with van der Waals surface area (Å²) in [4.78, 5) is 12.4. The number of rotatable bonds is 5. The van der Waals surface area contributed by atoms with Gasteiger partial charge in [0.15, 0.2) is 5.76 Å². The third-order valence-electron chi connectivity index (χ3n) is 3.70. The van der Waals surface area contributed by atoms with Gasteiger partial charge >= 0.3 is 0 Å². The first kappa shape index (κ1) is 17.5. The van der Waals surface area contributed by atoms with Gasteiger partial charge in [0, 0.05) is 10.9 Å². The van der Waals surface area contributed by atoms with Crippen LogP contribution in [0.3, 0.4) is 0 Å². The number of nitrogens with zero attached hydrogens (tertiary/aromatic N) is 1. The highest BCUT2D eigenvalue weighted by Crippen LogP contribution is 2.24. The molecule has 6 heteroatoms. The average Bonchev–Trinajstić information content (AvgIpc) is 2.87. The van der Waals surface area contributed by atoms with Gasteiger partial charge in [-0.25, -0.2) is 0 Å². The Hall–Kier alpha value is -1.85. The van der Waals surface area contributed by atoms with Gasteiger partial charge in [-0.3, -0.25) is 4.79 Å². The molecule has 0 aliphatic carbocycles. The van der Waals surface area contributed by atoms with Crippen LogP contribution in [0.5, 0.6) is 0 Å². The average molecular weight is 337 g/mol. The van der Waals surface area contributed by atoms with Crippen molar-refractivity contribution in [3.8, 4) is 0 Å². The highest BCUT2D eigenvalue weighted by atomic mass is 35.5. The molecule has 0 bridgehead atoms. The molecule has 0 aliphatic heterocycles. The van der Waals surface area contributed by atoms with Crippen LogP contribution in [-0.2, 0) is 5.60 Å². The van der Waals surface area contributed by atoms with Gasteiger partial charge in [-0.2, -0.15) is 0 Å². The number of hydrogen-bond donors (Lipinski definition) is 2. The second-order valence-corrected chi connectivity index (χ2v) is 6.56. The van der Waals surface area contributed by atoms with Gasteiger partial charge < -0.3 is 14.9 Å². The van der Waals surface area contributed by atoms with Crippen molar-refractivity contribution in [2.24, 2.45) is 0 Å². The van der Waals surface area contributed by atoms with Crippen LogP contribution in [0.2, 0.25) is 5.02 Å². The molecule has 0 spiro atoms. The zero-order chi connectivity index (χ0) is 17.2. The maximum atomic E-state index is 12.4. The molecule has 0 saturated carbocycles. The maximum absolute atomic E-state index is 12.4. The van der Waals surface area contributed by atoms with Crippen LogP contribution in [0.1, 0.15) is 54.1 Å². The molecule has 2 N–H and O–H groups in total. The Kier molecular flexibility index (Phi) is 5.12. The Morgan fingerprint density at radius 3 is 2.57 bits per heavy atom. The van der Waals surface area contributed by atoms with Gasteiger partial charge in [0.2, 0.25) is 0 Å². The summed E-state index contributed by atoms with van der Waals surface area (Å²) in [5.41, 5.74) is 0.445. The number of carbonyl (C=O) groups is 1. The van der Waals surface area contributed by atoms with Crippen LogP contribution in [0.25, 0.3) is 0 Å². The zero-order valence-electron chi connectivity index (χ0n) is 13.7. The van der Waals surface area contributed by atoms with Gasteiger partial charge in [0.05, 0.1) is 12.2 Å². The molecule has 2 rings (SSSR count). The van der Waals surface area contributed by atoms with Crippen molar-refractivity contribution in [1.29, 1.82) is 0 Å². The first-order valence-corrected chi connectivity index (χ1v) is 7.83. The Morgan fingerprint density at radius 2 is 2.00 bits per heavy atom. The molecular formula is C17H21ClN2O3. The van der Waals surface area contributed by atoms with Gasteiger partial charge in [-0.1, -0.05) is 42.7 Å². The SMILES string of the molecule is Cc1noc(C(C)C)c1C(=O)NCC(C)(O)c1ccc(Cl)cc1. The fourth-order valence-corrected chi connectivity index (χ4v) is 2.44. The number of nitrogens with one attached hydrogen (secondary N) is 1. The van der Waals surface area contributed by atoms with Gasteiger partial charge in [-0.05, 0) is 31.5 Å². The number of aliphatic hydroxyl groups is 1. The van der Waals surface area contributed by atoms with Crippen molar-refractivity contribution < 1.29 is 14.4 Å². The van der Waals surface area contributed by atoms with Crippen LogP contribution < -0.4 is 5.32 Å². The summed E-state index contributed by atoms with van der Waals surface area (Å²) in [7, 11) is 0. The Balaban J connectivity index is 2.12. The van der Waals surface area contributed by atoms with E-state index in [4.69, 9.17) is 16.1 Å². The molecule has 1 aromatic carbocycles. The number of hydrogen-bond acceptors (Lipinski definition) is 4. The second kappa shape index (κ2) is 6.72. The number of aryl methyl sites for hydroxylation is 1. The lowest BCUT2D eigenvalue weighted by atomic mass is 9.96. The summed E-state index contributed by atoms with van der Waals surface area (Å²) in [5, 5.41) is 17.8. The summed E-state index contributed by atoms with van der Waals surface area (Å²) in [6.45, 7) is 7.29. The van der Waals surface area contributed by atoms with E-state index in [1.165, 1.54) is 0 Å². The standard InChI is InChI=1S/C17H21ClN2O3/c1-10(2)15-14(11(3)20-23-15)16(21)19-9-17(4,22)12-5-7-13(18)8-6-12/h5-8,10,22H,9H2,1-4H3,(H,19,21). The van der Waals surface area contributed by atoms with Crippen molar-refractivity contribution in [3.63, 3.8) is 0 Å². The topological polar surface area (TPSA) is 75.4 Å². The molecule has 0 fully saturated rings. The van der Waals surface area contributed by atoms with Crippen molar-refractivity contribution in [2.75, 3.05) is 6.54 Å². The largest absolute Gasteiger partial charge is 0.384 e. The minimum absolute atomic E-state index is 0.0497. The lowest BCUT2D eigenvalue weighted by Crippen LogP contribution is -2.39. The minimum atomic E-state index is -1.21. The quantitative estimate of drug-likeness (QED) is 0.877. The van der Waals surface area contributed by atoms with E-state index in [2.05, 4.69) is 10.5 Å². The highest BCUT2D eigenvalue weighted by molar-refractivity contribution is 6.30. The van der Waals surface area contributed by atoms with Gasteiger partial charge in [0.1, 0.15) is 11.2 Å². The Labute approximate surface area is 140 Å². The molecule has 5 nitrogen and oxygen atoms in total. The molecule has 0 saturated heterocycles. The smallest absolute Gasteiger partial charge is 0.256 e. The second-order valence-electron chi connectivity index (χ2n) is 6.13. The van der Waals surface area contributed by atoms with E-state index in [1.807, 2.05) is 13.8 Å². The highest BCUT2D eigenvalue weighted by Gasteiger charge is 2.27. The molecule has 1 amide bonds. The monoisotopic (exact) mass is 336 g/mol. The third kappa shape index (κ3) is 3.92. The van der Waals surface area contributed by atoms with E-state index in [-0.39, 0.29) is 18.4 Å². The van der Waals surface area contributed by atoms with E-state index in [0.717, 1.165) is 0 Å². The predicted octanol–water partition coefficient (Wildman–Crippen LogP) is 3.40. The number of aromatic nitrogens is 1. The summed E-state index contributed by atoms with van der Waals surface area (Å²) in [5.74, 6) is 0.293. The van der Waals surface area contributed by atoms with Gasteiger partial charge in [-0.15, -0.1) is 0 Å². The summed E-state index contributed by atoms with van der Waals surface area (Å²) in [6.07, 6.45) is 0. The Morgan fingerprint density at radius 1 is 1.39 bits per heavy atom. The first-order valence-electron chi connectivity index (χ1n) is 7.45. The molecule has 1 aromatic heterocycles. The fraction of sp³-hybridized carbons (Fsp3) is 0.412. The van der Waals surface area contributed by atoms with E-state index in [1.54, 1.807) is 38.1 Å². The fourth-order valence-electron chi connectivity index (χ4n) is 2.31.